The molecule has 0 fully saturated rings. The number of para-hydroxylation sites is 2. The average Bonchev–Trinajstić information content (AvgIpc) is 3.76. The van der Waals surface area contributed by atoms with Crippen LogP contribution in [0.25, 0.3) is 0 Å². The highest BCUT2D eigenvalue weighted by Crippen LogP contribution is 2.30. The maximum Gasteiger partial charge on any atom is 0.258 e. The van der Waals surface area contributed by atoms with Gasteiger partial charge in [-0.05, 0) is 66.6 Å². The molecule has 11 nitrogen and oxygen atoms in total. The second kappa shape index (κ2) is 15.4. The second-order valence-corrected chi connectivity index (χ2v) is 13.4. The molecular formula is C43H39N7O4. The van der Waals surface area contributed by atoms with E-state index in [1.807, 2.05) is 84.1 Å². The molecule has 2 aliphatic heterocycles. The van der Waals surface area contributed by atoms with Gasteiger partial charge in [-0.25, -0.2) is 0 Å². The Kier molecular flexibility index (Phi) is 10.1. The first-order valence-electron chi connectivity index (χ1n) is 17.6. The fourth-order valence-electron chi connectivity index (χ4n) is 6.52. The average molecular weight is 718 g/mol. The number of ketones is 2. The van der Waals surface area contributed by atoms with Crippen LogP contribution < -0.4 is 9.80 Å². The van der Waals surface area contributed by atoms with E-state index in [-0.39, 0.29) is 23.4 Å². The Morgan fingerprint density at radius 2 is 0.981 bits per heavy atom. The summed E-state index contributed by atoms with van der Waals surface area (Å²) in [7, 11) is 3.72. The summed E-state index contributed by atoms with van der Waals surface area (Å²) in [5.41, 5.74) is 8.11. The lowest BCUT2D eigenvalue weighted by Crippen LogP contribution is -2.30. The number of aromatic nitrogens is 4. The third-order valence-corrected chi connectivity index (χ3v) is 9.42. The number of carbonyl (C=O) groups is 4. The number of Topliss-reactive ketones (excluding diaryl/α,β-unsaturated/α-hetero) is 1. The molecule has 0 aliphatic carbocycles. The van der Waals surface area contributed by atoms with Crippen LogP contribution in [-0.2, 0) is 26.2 Å². The van der Waals surface area contributed by atoms with E-state index in [0.717, 1.165) is 33.9 Å². The first kappa shape index (κ1) is 35.5. The number of rotatable bonds is 6. The summed E-state index contributed by atoms with van der Waals surface area (Å²) in [6.07, 6.45) is 6.74. The molecule has 0 radical (unpaired) electrons. The van der Waals surface area contributed by atoms with Crippen LogP contribution in [0.15, 0.2) is 134 Å². The van der Waals surface area contributed by atoms with Gasteiger partial charge in [0.25, 0.3) is 11.8 Å². The SMILES string of the molecule is CC(=O)c1ccc(C(=O)N2Cc3ccnn3Cc3ccccc32)cc1.CN(C)C=CC(=O)c1ccc(C(=O)N2Cc3ccnn3Cc3ccccc32)cc1. The summed E-state index contributed by atoms with van der Waals surface area (Å²) in [6.45, 7) is 3.70. The monoisotopic (exact) mass is 717 g/mol. The third kappa shape index (κ3) is 7.51. The maximum atomic E-state index is 13.3. The van der Waals surface area contributed by atoms with Gasteiger partial charge in [0, 0.05) is 72.4 Å². The molecule has 0 bridgehead atoms. The van der Waals surface area contributed by atoms with E-state index in [1.54, 1.807) is 81.8 Å². The van der Waals surface area contributed by atoms with Crippen molar-refractivity contribution in [2.24, 2.45) is 0 Å². The number of hydrogen-bond donors (Lipinski definition) is 0. The molecule has 4 aromatic carbocycles. The van der Waals surface area contributed by atoms with Gasteiger partial charge in [0.05, 0.1) is 37.6 Å². The standard InChI is InChI=1S/C23H22N4O2.C20H17N3O2/c1-25(2)14-12-22(28)17-7-9-18(10-8-17)23(29)26-16-20-11-13-24-27(20)15-19-5-3-4-6-21(19)26;1-14(24)15-6-8-16(9-7-15)20(25)22-13-18-10-11-21-23(18)12-17-4-2-3-5-19(17)22/h3-14H,15-16H2,1-2H3;2-11H,12-13H2,1H3. The van der Waals surface area contributed by atoms with Crippen molar-refractivity contribution in [2.75, 3.05) is 23.9 Å². The van der Waals surface area contributed by atoms with Crippen molar-refractivity contribution < 1.29 is 19.2 Å². The Balaban J connectivity index is 0.000000168. The van der Waals surface area contributed by atoms with Gasteiger partial charge in [0.15, 0.2) is 11.6 Å². The van der Waals surface area contributed by atoms with Crippen LogP contribution >= 0.6 is 0 Å². The zero-order valence-corrected chi connectivity index (χ0v) is 30.3. The molecule has 2 amide bonds. The highest BCUT2D eigenvalue weighted by Gasteiger charge is 2.27. The van der Waals surface area contributed by atoms with Crippen LogP contribution in [0.2, 0.25) is 0 Å². The zero-order valence-electron chi connectivity index (χ0n) is 30.3. The van der Waals surface area contributed by atoms with Crippen LogP contribution in [-0.4, -0.2) is 61.9 Å². The van der Waals surface area contributed by atoms with E-state index < -0.39 is 0 Å². The Bertz CT molecular complexity index is 2370. The predicted molar refractivity (Wildman–Crippen MR) is 207 cm³/mol. The lowest BCUT2D eigenvalue weighted by atomic mass is 10.1. The Labute approximate surface area is 313 Å². The van der Waals surface area contributed by atoms with E-state index in [4.69, 9.17) is 0 Å². The highest BCUT2D eigenvalue weighted by molar-refractivity contribution is 6.09. The topological polar surface area (TPSA) is 114 Å². The molecule has 0 saturated carbocycles. The van der Waals surface area contributed by atoms with Gasteiger partial charge in [0.1, 0.15) is 0 Å². The van der Waals surface area contributed by atoms with Crippen LogP contribution in [0, 0.1) is 0 Å². The molecule has 8 rings (SSSR count). The van der Waals surface area contributed by atoms with Crippen LogP contribution in [0.4, 0.5) is 11.4 Å². The minimum Gasteiger partial charge on any atom is -0.383 e. The van der Waals surface area contributed by atoms with Gasteiger partial charge in [-0.2, -0.15) is 10.2 Å². The molecule has 6 aromatic rings. The molecule has 0 atom stereocenters. The predicted octanol–water partition coefficient (Wildman–Crippen LogP) is 6.64. The molecule has 11 heteroatoms. The molecule has 54 heavy (non-hydrogen) atoms. The van der Waals surface area contributed by atoms with Crippen molar-refractivity contribution in [2.45, 2.75) is 33.1 Å². The van der Waals surface area contributed by atoms with E-state index in [2.05, 4.69) is 10.2 Å². The Hall–Kier alpha value is -6.88. The van der Waals surface area contributed by atoms with Crippen molar-refractivity contribution in [3.63, 3.8) is 0 Å². The molecule has 0 N–H and O–H groups in total. The van der Waals surface area contributed by atoms with Crippen LogP contribution in [0.5, 0.6) is 0 Å². The molecular weight excluding hydrogens is 679 g/mol. The molecule has 2 aromatic heterocycles. The number of carbonyl (C=O) groups excluding carboxylic acids is 4. The van der Waals surface area contributed by atoms with Crippen molar-refractivity contribution in [3.05, 3.63) is 179 Å². The summed E-state index contributed by atoms with van der Waals surface area (Å²) in [6, 6.07) is 33.3. The highest BCUT2D eigenvalue weighted by atomic mass is 16.2. The lowest BCUT2D eigenvalue weighted by molar-refractivity contribution is 0.0977. The van der Waals surface area contributed by atoms with Crippen LogP contribution in [0.1, 0.15) is 70.9 Å². The third-order valence-electron chi connectivity index (χ3n) is 9.42. The molecule has 4 heterocycles. The number of allylic oxidation sites excluding steroid dienone is 1. The minimum absolute atomic E-state index is 0.0111. The van der Waals surface area contributed by atoms with Crippen LogP contribution in [0.3, 0.4) is 0 Å². The smallest absolute Gasteiger partial charge is 0.258 e. The quantitative estimate of drug-likeness (QED) is 0.140. The van der Waals surface area contributed by atoms with Gasteiger partial charge in [-0.15, -0.1) is 0 Å². The van der Waals surface area contributed by atoms with Crippen molar-refractivity contribution in [3.8, 4) is 0 Å². The largest absolute Gasteiger partial charge is 0.383 e. The van der Waals surface area contributed by atoms with E-state index in [1.165, 1.54) is 13.0 Å². The summed E-state index contributed by atoms with van der Waals surface area (Å²) >= 11 is 0. The second-order valence-electron chi connectivity index (χ2n) is 13.4. The summed E-state index contributed by atoms with van der Waals surface area (Å²) in [5.74, 6) is -0.295. The van der Waals surface area contributed by atoms with Crippen molar-refractivity contribution >= 4 is 34.8 Å². The van der Waals surface area contributed by atoms with Gasteiger partial charge < -0.3 is 14.7 Å². The maximum absolute atomic E-state index is 13.3. The molecule has 0 saturated heterocycles. The number of hydrogen-bond acceptors (Lipinski definition) is 7. The van der Waals surface area contributed by atoms with Crippen molar-refractivity contribution in [1.82, 2.24) is 24.5 Å². The first-order valence-corrected chi connectivity index (χ1v) is 17.6. The molecule has 270 valence electrons. The zero-order chi connectivity index (χ0) is 37.8. The number of anilines is 2. The molecule has 0 spiro atoms. The Morgan fingerprint density at radius 3 is 1.43 bits per heavy atom. The lowest BCUT2D eigenvalue weighted by Gasteiger charge is -2.22. The summed E-state index contributed by atoms with van der Waals surface area (Å²) in [4.78, 5) is 55.5. The number of benzene rings is 4. The molecule has 2 aliphatic rings. The van der Waals surface area contributed by atoms with Gasteiger partial charge in [-0.3, -0.25) is 28.5 Å². The minimum atomic E-state index is -0.102. The van der Waals surface area contributed by atoms with E-state index in [0.29, 0.717) is 48.4 Å². The number of nitrogens with zero attached hydrogens (tertiary/aromatic N) is 7. The van der Waals surface area contributed by atoms with Crippen molar-refractivity contribution in [1.29, 1.82) is 0 Å². The fraction of sp³-hybridized carbons (Fsp3) is 0.163. The number of fused-ring (bicyclic) bond motifs is 4. The van der Waals surface area contributed by atoms with E-state index in [9.17, 15) is 19.2 Å². The Morgan fingerprint density at radius 1 is 0.556 bits per heavy atom. The fourth-order valence-corrected chi connectivity index (χ4v) is 6.52. The first-order chi connectivity index (χ1) is 26.2. The summed E-state index contributed by atoms with van der Waals surface area (Å²) < 4.78 is 3.84. The molecule has 0 unspecified atom stereocenters. The normalized spacial score (nSPS) is 12.9. The van der Waals surface area contributed by atoms with Gasteiger partial charge in [-0.1, -0.05) is 60.7 Å². The summed E-state index contributed by atoms with van der Waals surface area (Å²) in [5, 5.41) is 8.73. The number of amides is 2. The van der Waals surface area contributed by atoms with Gasteiger partial charge in [0.2, 0.25) is 0 Å². The van der Waals surface area contributed by atoms with Gasteiger partial charge >= 0.3 is 0 Å². The van der Waals surface area contributed by atoms with E-state index >= 15 is 0 Å².